The number of fused-ring (bicyclic) bond motifs is 2. The summed E-state index contributed by atoms with van der Waals surface area (Å²) in [6, 6.07) is 0. The lowest BCUT2D eigenvalue weighted by molar-refractivity contribution is -0.117. The molecule has 1 N–H and O–H groups in total. The van der Waals surface area contributed by atoms with E-state index in [0.29, 0.717) is 23.0 Å². The maximum Gasteiger partial charge on any atom is 0.129 e. The second-order valence-electron chi connectivity index (χ2n) is 11.4. The van der Waals surface area contributed by atoms with Crippen molar-refractivity contribution in [2.24, 2.45) is 40.4 Å². The molecular weight excluding hydrogens is 356 g/mol. The maximum absolute atomic E-state index is 11.3. The van der Waals surface area contributed by atoms with Gasteiger partial charge in [0.25, 0.3) is 0 Å². The normalized spacial score (nSPS) is 44.4. The quantitative estimate of drug-likeness (QED) is 0.498. The maximum atomic E-state index is 11.3. The fourth-order valence-corrected chi connectivity index (χ4v) is 8.17. The van der Waals surface area contributed by atoms with Crippen molar-refractivity contribution in [2.45, 2.75) is 98.0 Å². The average Bonchev–Trinajstić information content (AvgIpc) is 3.17. The first kappa shape index (κ1) is 21.3. The molecule has 2 nitrogen and oxygen atoms in total. The van der Waals surface area contributed by atoms with Gasteiger partial charge in [0.1, 0.15) is 5.78 Å². The van der Waals surface area contributed by atoms with E-state index in [1.165, 1.54) is 44.9 Å². The summed E-state index contributed by atoms with van der Waals surface area (Å²) in [7, 11) is 0. The zero-order valence-corrected chi connectivity index (χ0v) is 19.2. The van der Waals surface area contributed by atoms with Gasteiger partial charge in [0.2, 0.25) is 0 Å². The molecule has 8 atom stereocenters. The molecular formula is C27H42O2. The summed E-state index contributed by atoms with van der Waals surface area (Å²) in [5.74, 6) is 3.78. The third-order valence-corrected chi connectivity index (χ3v) is 9.85. The first-order valence-corrected chi connectivity index (χ1v) is 12.3. The molecule has 0 heterocycles. The van der Waals surface area contributed by atoms with Crippen LogP contribution in [0.3, 0.4) is 0 Å². The van der Waals surface area contributed by atoms with Crippen LogP contribution in [0, 0.1) is 40.4 Å². The molecule has 0 aromatic heterocycles. The van der Waals surface area contributed by atoms with Gasteiger partial charge in [0, 0.05) is 11.8 Å². The van der Waals surface area contributed by atoms with Crippen molar-refractivity contribution in [1.82, 2.24) is 0 Å². The molecule has 0 amide bonds. The average molecular weight is 399 g/mol. The van der Waals surface area contributed by atoms with Gasteiger partial charge < -0.3 is 9.90 Å². The van der Waals surface area contributed by atoms with Crippen molar-refractivity contribution in [3.05, 3.63) is 23.8 Å². The highest BCUT2D eigenvalue weighted by Gasteiger charge is 2.64. The Morgan fingerprint density at radius 2 is 2.10 bits per heavy atom. The van der Waals surface area contributed by atoms with Crippen molar-refractivity contribution in [2.75, 3.05) is 0 Å². The molecule has 0 aromatic rings. The van der Waals surface area contributed by atoms with Crippen molar-refractivity contribution in [1.29, 1.82) is 0 Å². The van der Waals surface area contributed by atoms with Crippen LogP contribution < -0.4 is 0 Å². The summed E-state index contributed by atoms with van der Waals surface area (Å²) in [6.45, 7) is 13.4. The monoisotopic (exact) mass is 398 g/mol. The Hall–Kier alpha value is -0.890. The molecule has 2 heteroatoms. The molecule has 0 radical (unpaired) electrons. The number of rotatable bonds is 7. The molecule has 0 bridgehead atoms. The van der Waals surface area contributed by atoms with E-state index in [1.54, 1.807) is 12.5 Å². The molecule has 4 rings (SSSR count). The molecule has 0 saturated heterocycles. The van der Waals surface area contributed by atoms with E-state index < -0.39 is 0 Å². The van der Waals surface area contributed by atoms with E-state index >= 15 is 0 Å². The first-order chi connectivity index (χ1) is 13.7. The van der Waals surface area contributed by atoms with Gasteiger partial charge in [-0.3, -0.25) is 0 Å². The van der Waals surface area contributed by atoms with Crippen LogP contribution in [-0.4, -0.2) is 17.0 Å². The van der Waals surface area contributed by atoms with Gasteiger partial charge in [0.05, 0.1) is 6.10 Å². The summed E-state index contributed by atoms with van der Waals surface area (Å²) in [6.07, 6.45) is 14.2. The van der Waals surface area contributed by atoms with Crippen molar-refractivity contribution in [3.8, 4) is 0 Å². The predicted octanol–water partition coefficient (Wildman–Crippen LogP) is 6.49. The van der Waals surface area contributed by atoms with E-state index in [2.05, 4.69) is 33.4 Å². The van der Waals surface area contributed by atoms with Gasteiger partial charge in [-0.15, -0.1) is 0 Å². The van der Waals surface area contributed by atoms with Crippen LogP contribution in [0.2, 0.25) is 0 Å². The van der Waals surface area contributed by atoms with E-state index in [1.807, 2.05) is 0 Å². The highest BCUT2D eigenvalue weighted by Crippen LogP contribution is 2.70. The standard InChI is InChI=1S/C27H42O2/c1-17(8-6-9-19(3)28)23-11-12-24-21(10-7-13-26(23,24)5)14-18(2)27-16-22(27)15-25(29)20(27)4/h14,17-18,22-25,29H,4,6-13,15-16H2,1-3,5H3/b21-14+/t17?,18?,22?,23?,24?,25?,26?,27-/m0/s1. The molecule has 162 valence electrons. The second-order valence-corrected chi connectivity index (χ2v) is 11.4. The number of ketones is 1. The minimum atomic E-state index is -0.266. The summed E-state index contributed by atoms with van der Waals surface area (Å²) in [5, 5.41) is 10.3. The molecule has 4 saturated carbocycles. The number of hydrogen-bond donors (Lipinski definition) is 1. The molecule has 29 heavy (non-hydrogen) atoms. The van der Waals surface area contributed by atoms with Crippen LogP contribution in [0.25, 0.3) is 0 Å². The number of allylic oxidation sites excluding steroid dienone is 2. The predicted molar refractivity (Wildman–Crippen MR) is 119 cm³/mol. The summed E-state index contributed by atoms with van der Waals surface area (Å²) in [5.41, 5.74) is 3.48. The van der Waals surface area contributed by atoms with Gasteiger partial charge in [-0.25, -0.2) is 0 Å². The van der Waals surface area contributed by atoms with Gasteiger partial charge in [0.15, 0.2) is 0 Å². The topological polar surface area (TPSA) is 37.3 Å². The molecule has 4 aliphatic rings. The molecule has 7 unspecified atom stereocenters. The smallest absolute Gasteiger partial charge is 0.129 e. The highest BCUT2D eigenvalue weighted by molar-refractivity contribution is 5.75. The Morgan fingerprint density at radius 1 is 1.34 bits per heavy atom. The number of aliphatic hydroxyl groups excluding tert-OH is 1. The molecule has 0 aliphatic heterocycles. The Balaban J connectivity index is 1.47. The first-order valence-electron chi connectivity index (χ1n) is 12.3. The fourth-order valence-electron chi connectivity index (χ4n) is 8.17. The van der Waals surface area contributed by atoms with E-state index in [0.717, 1.165) is 42.6 Å². The molecule has 0 spiro atoms. The third-order valence-electron chi connectivity index (χ3n) is 9.85. The number of Topliss-reactive ketones (excluding diaryl/α,β-unsaturated/α-hetero) is 1. The Kier molecular flexibility index (Phi) is 5.64. The summed E-state index contributed by atoms with van der Waals surface area (Å²) in [4.78, 5) is 11.3. The fraction of sp³-hybridized carbons (Fsp3) is 0.815. The minimum Gasteiger partial charge on any atom is -0.389 e. The van der Waals surface area contributed by atoms with Crippen LogP contribution >= 0.6 is 0 Å². The zero-order valence-electron chi connectivity index (χ0n) is 19.2. The summed E-state index contributed by atoms with van der Waals surface area (Å²) < 4.78 is 0. The van der Waals surface area contributed by atoms with E-state index in [4.69, 9.17) is 0 Å². The molecule has 4 fully saturated rings. The van der Waals surface area contributed by atoms with Crippen molar-refractivity contribution < 1.29 is 9.90 Å². The lowest BCUT2D eigenvalue weighted by atomic mass is 9.60. The van der Waals surface area contributed by atoms with Gasteiger partial charge in [-0.05, 0) is 98.9 Å². The zero-order chi connectivity index (χ0) is 21.0. The number of aliphatic hydroxyl groups is 1. The van der Waals surface area contributed by atoms with Crippen molar-refractivity contribution >= 4 is 5.78 Å². The number of hydrogen-bond acceptors (Lipinski definition) is 2. The van der Waals surface area contributed by atoms with Crippen LogP contribution in [-0.2, 0) is 4.79 Å². The van der Waals surface area contributed by atoms with Gasteiger partial charge in [-0.1, -0.05) is 45.4 Å². The Bertz CT molecular complexity index is 705. The third kappa shape index (κ3) is 3.48. The van der Waals surface area contributed by atoms with Crippen LogP contribution in [0.15, 0.2) is 23.8 Å². The van der Waals surface area contributed by atoms with E-state index in [9.17, 15) is 9.90 Å². The van der Waals surface area contributed by atoms with Gasteiger partial charge >= 0.3 is 0 Å². The SMILES string of the molecule is C=C1C(O)CC2C[C@]12C(C)/C=C1\CCCC2(C)C1CCC2C(C)CCCC(C)=O. The number of carbonyl (C=O) groups is 1. The minimum absolute atomic E-state index is 0.207. The van der Waals surface area contributed by atoms with Gasteiger partial charge in [-0.2, -0.15) is 0 Å². The van der Waals surface area contributed by atoms with E-state index in [-0.39, 0.29) is 11.5 Å². The van der Waals surface area contributed by atoms with Crippen LogP contribution in [0.5, 0.6) is 0 Å². The molecule has 0 aromatic carbocycles. The van der Waals surface area contributed by atoms with Crippen molar-refractivity contribution in [3.63, 3.8) is 0 Å². The second kappa shape index (κ2) is 7.66. The Labute approximate surface area is 178 Å². The molecule has 4 aliphatic carbocycles. The lowest BCUT2D eigenvalue weighted by Gasteiger charge is -2.45. The summed E-state index contributed by atoms with van der Waals surface area (Å²) >= 11 is 0. The highest BCUT2D eigenvalue weighted by atomic mass is 16.3. The largest absolute Gasteiger partial charge is 0.389 e. The Morgan fingerprint density at radius 3 is 2.76 bits per heavy atom. The van der Waals surface area contributed by atoms with Crippen LogP contribution in [0.1, 0.15) is 91.9 Å². The lowest BCUT2D eigenvalue weighted by Crippen LogP contribution is -2.36. The number of carbonyl (C=O) groups excluding carboxylic acids is 1. The van der Waals surface area contributed by atoms with Crippen LogP contribution in [0.4, 0.5) is 0 Å².